The Bertz CT molecular complexity index is 613. The van der Waals surface area contributed by atoms with E-state index in [1.54, 1.807) is 0 Å². The van der Waals surface area contributed by atoms with Crippen LogP contribution < -0.4 is 5.73 Å². The van der Waals surface area contributed by atoms with E-state index in [4.69, 9.17) is 19.9 Å². The molecular weight excluding hydrogens is 334 g/mol. The second kappa shape index (κ2) is 6.97. The lowest BCUT2D eigenvalue weighted by molar-refractivity contribution is -0.213. The van der Waals surface area contributed by atoms with Crippen LogP contribution in [0.2, 0.25) is 0 Å². The van der Waals surface area contributed by atoms with Crippen molar-refractivity contribution >= 4 is 11.9 Å². The molecule has 146 valence electrons. The monoisotopic (exact) mass is 365 g/mol. The number of ether oxygens (including phenoxy) is 3. The molecule has 2 fully saturated rings. The Morgan fingerprint density at radius 2 is 1.81 bits per heavy atom. The lowest BCUT2D eigenvalue weighted by Gasteiger charge is -2.46. The lowest BCUT2D eigenvalue weighted by atomic mass is 9.63. The molecule has 2 aliphatic carbocycles. The van der Waals surface area contributed by atoms with Crippen LogP contribution in [0.4, 0.5) is 0 Å². The van der Waals surface area contributed by atoms with E-state index >= 15 is 0 Å². The van der Waals surface area contributed by atoms with Crippen LogP contribution in [0.5, 0.6) is 0 Å². The van der Waals surface area contributed by atoms with Gasteiger partial charge in [-0.2, -0.15) is 0 Å². The molecule has 0 spiro atoms. The summed E-state index contributed by atoms with van der Waals surface area (Å²) in [7, 11) is 0. The number of esters is 2. The SMILES string of the molecule is CC(=O)O[C@H]1O[C@@H](OC(C)=O)[C@@H]2CCC([C@]3(N)CCCC(C)(C)C3)=C[C@H]12. The minimum atomic E-state index is -0.725. The Balaban J connectivity index is 1.85. The first kappa shape index (κ1) is 19.4. The molecule has 26 heavy (non-hydrogen) atoms. The average molecular weight is 365 g/mol. The zero-order valence-corrected chi connectivity index (χ0v) is 16.2. The highest BCUT2D eigenvalue weighted by molar-refractivity contribution is 5.66. The van der Waals surface area contributed by atoms with Gasteiger partial charge in [-0.25, -0.2) is 0 Å². The van der Waals surface area contributed by atoms with Crippen LogP contribution in [-0.4, -0.2) is 30.1 Å². The number of fused-ring (bicyclic) bond motifs is 1. The number of carbonyl (C=O) groups is 2. The summed E-state index contributed by atoms with van der Waals surface area (Å²) in [6.45, 7) is 7.27. The van der Waals surface area contributed by atoms with Crippen LogP contribution in [0, 0.1) is 17.3 Å². The molecule has 2 N–H and O–H groups in total. The van der Waals surface area contributed by atoms with Crippen LogP contribution in [0.3, 0.4) is 0 Å². The minimum Gasteiger partial charge on any atom is -0.435 e. The van der Waals surface area contributed by atoms with Crippen molar-refractivity contribution in [1.82, 2.24) is 0 Å². The van der Waals surface area contributed by atoms with Gasteiger partial charge in [-0.3, -0.25) is 9.59 Å². The van der Waals surface area contributed by atoms with Gasteiger partial charge in [0.2, 0.25) is 12.6 Å². The maximum atomic E-state index is 11.5. The Hall–Kier alpha value is -1.40. The van der Waals surface area contributed by atoms with Crippen LogP contribution in [-0.2, 0) is 23.8 Å². The summed E-state index contributed by atoms with van der Waals surface area (Å²) in [6, 6.07) is 0. The number of rotatable bonds is 3. The normalized spacial score (nSPS) is 38.9. The van der Waals surface area contributed by atoms with E-state index in [0.29, 0.717) is 0 Å². The molecule has 1 saturated carbocycles. The van der Waals surface area contributed by atoms with Crippen LogP contribution in [0.1, 0.15) is 66.2 Å². The molecular formula is C20H31NO5. The summed E-state index contributed by atoms with van der Waals surface area (Å²) in [4.78, 5) is 22.9. The summed E-state index contributed by atoms with van der Waals surface area (Å²) in [5, 5.41) is 0. The standard InChI is InChI=1S/C20H31NO5/c1-12(22)24-17-15-7-6-14(10-16(15)18(26-17)25-13(2)23)20(21)9-5-8-19(3,4)11-20/h10,15-18H,5-9,11,21H2,1-4H3/t15-,16+,17-,18+,20+/m1/s1. The van der Waals surface area contributed by atoms with E-state index in [1.165, 1.54) is 25.8 Å². The second-order valence-electron chi connectivity index (χ2n) is 8.91. The second-order valence-corrected chi connectivity index (χ2v) is 8.91. The molecule has 0 aromatic heterocycles. The molecule has 6 nitrogen and oxygen atoms in total. The van der Waals surface area contributed by atoms with Crippen LogP contribution >= 0.6 is 0 Å². The van der Waals surface area contributed by atoms with E-state index in [9.17, 15) is 9.59 Å². The van der Waals surface area contributed by atoms with Crippen molar-refractivity contribution < 1.29 is 23.8 Å². The molecule has 1 heterocycles. The van der Waals surface area contributed by atoms with Crippen molar-refractivity contribution in [2.75, 3.05) is 0 Å². The topological polar surface area (TPSA) is 87.9 Å². The molecule has 1 aliphatic heterocycles. The highest BCUT2D eigenvalue weighted by Crippen LogP contribution is 2.49. The van der Waals surface area contributed by atoms with E-state index in [2.05, 4.69) is 19.9 Å². The van der Waals surface area contributed by atoms with E-state index in [-0.39, 0.29) is 22.8 Å². The molecule has 0 aromatic carbocycles. The molecule has 6 heteroatoms. The Kier molecular flexibility index (Phi) is 5.19. The minimum absolute atomic E-state index is 0.00722. The smallest absolute Gasteiger partial charge is 0.304 e. The van der Waals surface area contributed by atoms with Gasteiger partial charge in [0.05, 0.1) is 0 Å². The van der Waals surface area contributed by atoms with Gasteiger partial charge in [0.15, 0.2) is 0 Å². The molecule has 0 bridgehead atoms. The molecule has 0 aromatic rings. The third kappa shape index (κ3) is 3.96. The van der Waals surface area contributed by atoms with Crippen LogP contribution in [0.15, 0.2) is 11.6 Å². The third-order valence-corrected chi connectivity index (χ3v) is 6.04. The van der Waals surface area contributed by atoms with Gasteiger partial charge in [-0.15, -0.1) is 0 Å². The number of nitrogens with two attached hydrogens (primary N) is 1. The van der Waals surface area contributed by atoms with E-state index < -0.39 is 24.5 Å². The highest BCUT2D eigenvalue weighted by Gasteiger charge is 2.50. The molecule has 5 atom stereocenters. The van der Waals surface area contributed by atoms with Gasteiger partial charge in [-0.05, 0) is 37.5 Å². The number of hydrogen-bond acceptors (Lipinski definition) is 6. The van der Waals surface area contributed by atoms with Gasteiger partial charge >= 0.3 is 11.9 Å². The zero-order valence-electron chi connectivity index (χ0n) is 16.2. The van der Waals surface area contributed by atoms with Crippen molar-refractivity contribution in [2.24, 2.45) is 23.0 Å². The van der Waals surface area contributed by atoms with Crippen molar-refractivity contribution in [1.29, 1.82) is 0 Å². The summed E-state index contributed by atoms with van der Waals surface area (Å²) >= 11 is 0. The fourth-order valence-electron chi connectivity index (χ4n) is 5.03. The lowest BCUT2D eigenvalue weighted by Crippen LogP contribution is -2.49. The first-order chi connectivity index (χ1) is 12.1. The maximum Gasteiger partial charge on any atom is 0.304 e. The molecule has 0 radical (unpaired) electrons. The van der Waals surface area contributed by atoms with Crippen molar-refractivity contribution in [3.8, 4) is 0 Å². The molecule has 3 rings (SSSR count). The number of hydrogen-bond donors (Lipinski definition) is 1. The maximum absolute atomic E-state index is 11.5. The van der Waals surface area contributed by atoms with Gasteiger partial charge in [0.1, 0.15) is 0 Å². The summed E-state index contributed by atoms with van der Waals surface area (Å²) in [5.41, 5.74) is 8.00. The summed E-state index contributed by atoms with van der Waals surface area (Å²) in [6.07, 6.45) is 6.67. The first-order valence-electron chi connectivity index (χ1n) is 9.60. The number of carbonyl (C=O) groups excluding carboxylic acids is 2. The quantitative estimate of drug-likeness (QED) is 0.611. The molecule has 1 saturated heterocycles. The van der Waals surface area contributed by atoms with E-state index in [1.807, 2.05) is 0 Å². The predicted molar refractivity (Wildman–Crippen MR) is 95.7 cm³/mol. The predicted octanol–water partition coefficient (Wildman–Crippen LogP) is 3.05. The largest absolute Gasteiger partial charge is 0.435 e. The zero-order chi connectivity index (χ0) is 19.1. The fourth-order valence-corrected chi connectivity index (χ4v) is 5.03. The average Bonchev–Trinajstić information content (AvgIpc) is 2.82. The van der Waals surface area contributed by atoms with Gasteiger partial charge in [0, 0.05) is 31.2 Å². The molecule has 0 amide bonds. The Morgan fingerprint density at radius 1 is 1.15 bits per heavy atom. The Labute approximate surface area is 155 Å². The summed E-state index contributed by atoms with van der Waals surface area (Å²) in [5.74, 6) is -0.931. The third-order valence-electron chi connectivity index (χ3n) is 6.04. The first-order valence-corrected chi connectivity index (χ1v) is 9.60. The van der Waals surface area contributed by atoms with Gasteiger partial charge in [-0.1, -0.05) is 31.9 Å². The van der Waals surface area contributed by atoms with Crippen molar-refractivity contribution in [3.05, 3.63) is 11.6 Å². The van der Waals surface area contributed by atoms with Crippen LogP contribution in [0.25, 0.3) is 0 Å². The van der Waals surface area contributed by atoms with Crippen molar-refractivity contribution in [3.63, 3.8) is 0 Å². The van der Waals surface area contributed by atoms with Gasteiger partial charge < -0.3 is 19.9 Å². The molecule has 3 aliphatic rings. The molecule has 0 unspecified atom stereocenters. The van der Waals surface area contributed by atoms with E-state index in [0.717, 1.165) is 32.1 Å². The summed E-state index contributed by atoms with van der Waals surface area (Å²) < 4.78 is 16.5. The van der Waals surface area contributed by atoms with Crippen molar-refractivity contribution in [2.45, 2.75) is 84.3 Å². The fraction of sp³-hybridized carbons (Fsp3) is 0.800. The van der Waals surface area contributed by atoms with Gasteiger partial charge in [0.25, 0.3) is 0 Å². The highest BCUT2D eigenvalue weighted by atomic mass is 16.8. The Morgan fingerprint density at radius 3 is 2.42 bits per heavy atom.